The van der Waals surface area contributed by atoms with Crippen LogP contribution in [0.5, 0.6) is 5.75 Å². The maximum atomic E-state index is 10.8. The average molecular weight is 232 g/mol. The molecule has 0 fully saturated rings. The first-order chi connectivity index (χ1) is 8.17. The van der Waals surface area contributed by atoms with Gasteiger partial charge in [-0.3, -0.25) is 0 Å². The molecule has 1 N–H and O–H groups in total. The first-order valence-electron chi connectivity index (χ1n) is 4.72. The van der Waals surface area contributed by atoms with E-state index in [1.165, 1.54) is 19.2 Å². The SMILES string of the molecule is COc1c(C=C=O)oc2cc(C(=O)O)ccc12. The molecule has 0 aliphatic carbocycles. The van der Waals surface area contributed by atoms with Gasteiger partial charge in [0.05, 0.1) is 24.1 Å². The first kappa shape index (κ1) is 11.0. The van der Waals surface area contributed by atoms with E-state index in [2.05, 4.69) is 0 Å². The van der Waals surface area contributed by atoms with Crippen molar-refractivity contribution in [3.05, 3.63) is 29.5 Å². The summed E-state index contributed by atoms with van der Waals surface area (Å²) < 4.78 is 10.4. The van der Waals surface area contributed by atoms with E-state index in [-0.39, 0.29) is 11.3 Å². The van der Waals surface area contributed by atoms with Crippen LogP contribution in [0, 0.1) is 0 Å². The van der Waals surface area contributed by atoms with E-state index in [1.54, 1.807) is 12.0 Å². The van der Waals surface area contributed by atoms with Gasteiger partial charge in [-0.05, 0) is 18.2 Å². The van der Waals surface area contributed by atoms with Crippen LogP contribution in [0.1, 0.15) is 16.1 Å². The highest BCUT2D eigenvalue weighted by Gasteiger charge is 2.15. The van der Waals surface area contributed by atoms with Gasteiger partial charge in [0.15, 0.2) is 11.5 Å². The molecule has 0 unspecified atom stereocenters. The molecule has 0 aliphatic heterocycles. The quantitative estimate of drug-likeness (QED) is 0.819. The van der Waals surface area contributed by atoms with Crippen molar-refractivity contribution in [2.24, 2.45) is 0 Å². The minimum atomic E-state index is -1.05. The fourth-order valence-corrected chi connectivity index (χ4v) is 1.58. The highest BCUT2D eigenvalue weighted by atomic mass is 16.5. The Balaban J connectivity index is 2.72. The molecule has 0 spiro atoms. The van der Waals surface area contributed by atoms with Crippen molar-refractivity contribution in [2.75, 3.05) is 7.11 Å². The molecule has 0 atom stereocenters. The summed E-state index contributed by atoms with van der Waals surface area (Å²) in [6.07, 6.45) is 1.10. The normalized spacial score (nSPS) is 9.94. The van der Waals surface area contributed by atoms with Gasteiger partial charge in [-0.1, -0.05) is 0 Å². The van der Waals surface area contributed by atoms with E-state index < -0.39 is 5.97 Å². The van der Waals surface area contributed by atoms with Crippen molar-refractivity contribution in [2.45, 2.75) is 0 Å². The predicted octanol–water partition coefficient (Wildman–Crippen LogP) is 1.98. The highest BCUT2D eigenvalue weighted by molar-refractivity contribution is 5.96. The van der Waals surface area contributed by atoms with Gasteiger partial charge in [-0.2, -0.15) is 0 Å². The van der Waals surface area contributed by atoms with Crippen LogP contribution in [-0.4, -0.2) is 24.1 Å². The van der Waals surface area contributed by atoms with E-state index in [1.807, 2.05) is 0 Å². The van der Waals surface area contributed by atoms with Crippen LogP contribution >= 0.6 is 0 Å². The van der Waals surface area contributed by atoms with Crippen LogP contribution in [0.2, 0.25) is 0 Å². The molecule has 1 aromatic heterocycles. The standard InChI is InChI=1S/C12H8O5/c1-16-11-8-3-2-7(12(14)15)6-10(8)17-9(11)4-5-13/h2-4,6H,1H3,(H,14,15). The van der Waals surface area contributed by atoms with Crippen LogP contribution in [0.4, 0.5) is 0 Å². The molecule has 1 aromatic carbocycles. The lowest BCUT2D eigenvalue weighted by atomic mass is 10.1. The number of benzene rings is 1. The molecule has 5 heteroatoms. The molecule has 0 amide bonds. The average Bonchev–Trinajstić information content (AvgIpc) is 2.65. The summed E-state index contributed by atoms with van der Waals surface area (Å²) in [6, 6.07) is 4.39. The predicted molar refractivity (Wildman–Crippen MR) is 59.9 cm³/mol. The van der Waals surface area contributed by atoms with Crippen molar-refractivity contribution in [1.29, 1.82) is 0 Å². The smallest absolute Gasteiger partial charge is 0.335 e. The minimum absolute atomic E-state index is 0.107. The molecule has 0 bridgehead atoms. The number of rotatable bonds is 3. The van der Waals surface area contributed by atoms with E-state index in [0.717, 1.165) is 6.08 Å². The van der Waals surface area contributed by atoms with Crippen LogP contribution in [0.3, 0.4) is 0 Å². The second-order valence-electron chi connectivity index (χ2n) is 3.28. The van der Waals surface area contributed by atoms with E-state index in [4.69, 9.17) is 14.3 Å². The zero-order valence-electron chi connectivity index (χ0n) is 8.89. The topological polar surface area (TPSA) is 76.7 Å². The summed E-state index contributed by atoms with van der Waals surface area (Å²) in [5.41, 5.74) is 0.457. The van der Waals surface area contributed by atoms with Crippen LogP contribution < -0.4 is 4.74 Å². The molecular weight excluding hydrogens is 224 g/mol. The molecular formula is C12H8O5. The summed E-state index contributed by atoms with van der Waals surface area (Å²) in [7, 11) is 1.44. The van der Waals surface area contributed by atoms with Gasteiger partial charge in [0.25, 0.3) is 0 Å². The van der Waals surface area contributed by atoms with Gasteiger partial charge >= 0.3 is 5.97 Å². The maximum Gasteiger partial charge on any atom is 0.335 e. The highest BCUT2D eigenvalue weighted by Crippen LogP contribution is 2.33. The van der Waals surface area contributed by atoms with Crippen molar-refractivity contribution in [3.8, 4) is 5.75 Å². The molecule has 1 heterocycles. The minimum Gasteiger partial charge on any atom is -0.492 e. The second-order valence-corrected chi connectivity index (χ2v) is 3.28. The van der Waals surface area contributed by atoms with Gasteiger partial charge < -0.3 is 14.3 Å². The van der Waals surface area contributed by atoms with Gasteiger partial charge in [0, 0.05) is 0 Å². The number of aromatic carboxylic acids is 1. The number of hydrogen-bond acceptors (Lipinski definition) is 4. The molecule has 86 valence electrons. The van der Waals surface area contributed by atoms with Crippen molar-refractivity contribution in [3.63, 3.8) is 0 Å². The number of carbonyl (C=O) groups excluding carboxylic acids is 1. The number of furan rings is 1. The first-order valence-corrected chi connectivity index (χ1v) is 4.72. The van der Waals surface area contributed by atoms with E-state index in [0.29, 0.717) is 16.7 Å². The number of hydrogen-bond donors (Lipinski definition) is 1. The molecule has 0 aliphatic rings. The van der Waals surface area contributed by atoms with E-state index in [9.17, 15) is 9.59 Å². The molecule has 0 saturated heterocycles. The monoisotopic (exact) mass is 232 g/mol. The molecule has 2 aromatic rings. The Kier molecular flexibility index (Phi) is 2.68. The molecule has 0 saturated carbocycles. The Morgan fingerprint density at radius 3 is 2.88 bits per heavy atom. The van der Waals surface area contributed by atoms with Gasteiger partial charge in [-0.25, -0.2) is 9.59 Å². The Bertz CT molecular complexity index is 632. The summed E-state index contributed by atoms with van der Waals surface area (Å²) in [6.45, 7) is 0. The van der Waals surface area contributed by atoms with Crippen LogP contribution in [-0.2, 0) is 4.79 Å². The summed E-state index contributed by atoms with van der Waals surface area (Å²) in [4.78, 5) is 21.1. The van der Waals surface area contributed by atoms with Crippen LogP contribution in [0.25, 0.3) is 17.0 Å². The van der Waals surface area contributed by atoms with E-state index >= 15 is 0 Å². The third-order valence-electron chi connectivity index (χ3n) is 2.31. The molecule has 2 rings (SSSR count). The number of methoxy groups -OCH3 is 1. The lowest BCUT2D eigenvalue weighted by Gasteiger charge is -1.96. The summed E-state index contributed by atoms with van der Waals surface area (Å²) in [5.74, 6) is 1.16. The molecule has 5 nitrogen and oxygen atoms in total. The fourth-order valence-electron chi connectivity index (χ4n) is 1.58. The maximum absolute atomic E-state index is 10.8. The van der Waals surface area contributed by atoms with Crippen LogP contribution in [0.15, 0.2) is 22.6 Å². The number of carboxylic acids is 1. The Labute approximate surface area is 95.9 Å². The third kappa shape index (κ3) is 1.79. The van der Waals surface area contributed by atoms with Gasteiger partial charge in [0.2, 0.25) is 0 Å². The van der Waals surface area contributed by atoms with Gasteiger partial charge in [-0.15, -0.1) is 0 Å². The Morgan fingerprint density at radius 1 is 1.53 bits per heavy atom. The third-order valence-corrected chi connectivity index (χ3v) is 2.31. The number of carboxylic acid groups (broad SMARTS) is 1. The van der Waals surface area contributed by atoms with Crippen molar-refractivity contribution >= 4 is 29.0 Å². The number of fused-ring (bicyclic) bond motifs is 1. The fraction of sp³-hybridized carbons (Fsp3) is 0.0833. The van der Waals surface area contributed by atoms with Crippen molar-refractivity contribution in [1.82, 2.24) is 0 Å². The van der Waals surface area contributed by atoms with Gasteiger partial charge in [0.1, 0.15) is 11.5 Å². The summed E-state index contributed by atoms with van der Waals surface area (Å²) >= 11 is 0. The molecule has 0 radical (unpaired) electrons. The zero-order chi connectivity index (χ0) is 12.4. The number of carbonyl (C=O) groups is 1. The van der Waals surface area contributed by atoms with Crippen molar-refractivity contribution < 1.29 is 23.8 Å². The lowest BCUT2D eigenvalue weighted by molar-refractivity contribution is 0.0697. The Morgan fingerprint density at radius 2 is 2.29 bits per heavy atom. The second kappa shape index (κ2) is 4.15. The zero-order valence-corrected chi connectivity index (χ0v) is 8.89. The Hall–Kier alpha value is -2.52. The lowest BCUT2D eigenvalue weighted by Crippen LogP contribution is -1.94. The summed E-state index contributed by atoms with van der Waals surface area (Å²) in [5, 5.41) is 9.45. The molecule has 17 heavy (non-hydrogen) atoms. The number of ether oxygens (including phenoxy) is 1. The largest absolute Gasteiger partial charge is 0.492 e.